The van der Waals surface area contributed by atoms with E-state index in [4.69, 9.17) is 5.73 Å². The molecule has 0 unspecified atom stereocenters. The average molecular weight is 345 g/mol. The molecule has 5 fully saturated rings. The van der Waals surface area contributed by atoms with Gasteiger partial charge in [-0.05, 0) is 81.5 Å². The Morgan fingerprint density at radius 3 is 2.04 bits per heavy atom. The van der Waals surface area contributed by atoms with Crippen molar-refractivity contribution in [1.29, 1.82) is 0 Å². The number of piperidine rings is 1. The topological polar surface area (TPSA) is 75.4 Å². The number of carbonyl (C=O) groups is 2. The summed E-state index contributed by atoms with van der Waals surface area (Å²) in [6.07, 6.45) is 11.6. The lowest BCUT2D eigenvalue weighted by atomic mass is 9.48. The molecule has 1 saturated heterocycles. The molecule has 0 atom stereocenters. The lowest BCUT2D eigenvalue weighted by Crippen LogP contribution is -2.48. The van der Waals surface area contributed by atoms with Crippen LogP contribution in [0.5, 0.6) is 0 Å². The van der Waals surface area contributed by atoms with Gasteiger partial charge in [-0.3, -0.25) is 4.79 Å². The summed E-state index contributed by atoms with van der Waals surface area (Å²) in [5, 5.41) is 3.15. The van der Waals surface area contributed by atoms with E-state index in [1.54, 1.807) is 4.90 Å². The highest BCUT2D eigenvalue weighted by atomic mass is 16.2. The maximum atomic E-state index is 12.5. The van der Waals surface area contributed by atoms with Crippen molar-refractivity contribution in [3.63, 3.8) is 0 Å². The summed E-state index contributed by atoms with van der Waals surface area (Å²) in [7, 11) is 0. The Hall–Kier alpha value is -1.52. The molecule has 25 heavy (non-hydrogen) atoms. The van der Waals surface area contributed by atoms with Crippen molar-refractivity contribution >= 4 is 11.9 Å². The molecule has 5 nitrogen and oxygen atoms in total. The Morgan fingerprint density at radius 1 is 1.04 bits per heavy atom. The van der Waals surface area contributed by atoms with Crippen LogP contribution >= 0.6 is 0 Å². The predicted octanol–water partition coefficient (Wildman–Crippen LogP) is 2.81. The van der Waals surface area contributed by atoms with Gasteiger partial charge in [-0.2, -0.15) is 0 Å². The van der Waals surface area contributed by atoms with Gasteiger partial charge in [0.15, 0.2) is 0 Å². The summed E-state index contributed by atoms with van der Waals surface area (Å²) < 4.78 is 0. The molecule has 3 N–H and O–H groups in total. The smallest absolute Gasteiger partial charge is 0.314 e. The van der Waals surface area contributed by atoms with E-state index >= 15 is 0 Å². The highest BCUT2D eigenvalue weighted by Crippen LogP contribution is 2.62. The quantitative estimate of drug-likeness (QED) is 0.772. The molecule has 5 rings (SSSR count). The minimum atomic E-state index is -0.359. The maximum Gasteiger partial charge on any atom is 0.314 e. The second-order valence-corrected chi connectivity index (χ2v) is 9.13. The molecule has 1 aliphatic heterocycles. The number of amides is 3. The Morgan fingerprint density at radius 2 is 1.56 bits per heavy atom. The molecule has 4 saturated carbocycles. The van der Waals surface area contributed by atoms with E-state index in [1.165, 1.54) is 44.1 Å². The Labute approximate surface area is 150 Å². The van der Waals surface area contributed by atoms with Gasteiger partial charge in [0, 0.05) is 25.2 Å². The normalized spacial score (nSPS) is 38.0. The minimum Gasteiger partial charge on any atom is -0.351 e. The van der Waals surface area contributed by atoms with E-state index in [9.17, 15) is 9.59 Å². The summed E-state index contributed by atoms with van der Waals surface area (Å²) in [5.41, 5.74) is 6.93. The van der Waals surface area contributed by atoms with Crippen LogP contribution in [-0.2, 0) is 4.79 Å². The zero-order chi connectivity index (χ0) is 17.6. The number of rotatable bonds is 3. The van der Waals surface area contributed by atoms with Crippen molar-refractivity contribution in [3.05, 3.63) is 11.6 Å². The third-order valence-corrected chi connectivity index (χ3v) is 7.38. The standard InChI is InChI=1S/C20H31N3O2/c1-13(20-10-14-7-15(11-20)9-16(8-14)12-20)6-18(24)22-17-2-4-23(5-3-17)19(21)25/h6,14-17H,2-5,7-12H2,1H3,(H2,21,25)(H,22,24). The Bertz CT molecular complexity index is 554. The molecule has 5 heteroatoms. The first-order valence-corrected chi connectivity index (χ1v) is 9.97. The van der Waals surface area contributed by atoms with E-state index < -0.39 is 0 Å². The van der Waals surface area contributed by atoms with Crippen molar-refractivity contribution < 1.29 is 9.59 Å². The summed E-state index contributed by atoms with van der Waals surface area (Å²) in [6.45, 7) is 3.46. The number of allylic oxidation sites excluding steroid dienone is 1. The molecule has 4 bridgehead atoms. The summed E-state index contributed by atoms with van der Waals surface area (Å²) in [4.78, 5) is 25.4. The van der Waals surface area contributed by atoms with Crippen LogP contribution in [-0.4, -0.2) is 36.0 Å². The van der Waals surface area contributed by atoms with Crippen LogP contribution in [0.15, 0.2) is 11.6 Å². The van der Waals surface area contributed by atoms with Crippen molar-refractivity contribution in [2.24, 2.45) is 28.9 Å². The van der Waals surface area contributed by atoms with E-state index in [1.807, 2.05) is 6.08 Å². The fourth-order valence-corrected chi connectivity index (χ4v) is 6.43. The molecular weight excluding hydrogens is 314 g/mol. The number of primary amides is 1. The van der Waals surface area contributed by atoms with Gasteiger partial charge < -0.3 is 16.0 Å². The van der Waals surface area contributed by atoms with Gasteiger partial charge in [0.2, 0.25) is 5.91 Å². The van der Waals surface area contributed by atoms with Crippen LogP contribution < -0.4 is 11.1 Å². The van der Waals surface area contributed by atoms with Crippen molar-refractivity contribution in [1.82, 2.24) is 10.2 Å². The Kier molecular flexibility index (Phi) is 4.28. The molecule has 3 amide bonds. The number of urea groups is 1. The van der Waals surface area contributed by atoms with Crippen molar-refractivity contribution in [3.8, 4) is 0 Å². The average Bonchev–Trinajstić information content (AvgIpc) is 2.54. The first-order valence-electron chi connectivity index (χ1n) is 9.97. The van der Waals surface area contributed by atoms with Gasteiger partial charge in [-0.15, -0.1) is 0 Å². The highest BCUT2D eigenvalue weighted by molar-refractivity contribution is 5.88. The van der Waals surface area contributed by atoms with Crippen LogP contribution in [0.4, 0.5) is 4.79 Å². The van der Waals surface area contributed by atoms with Gasteiger partial charge >= 0.3 is 6.03 Å². The molecule has 0 aromatic heterocycles. The highest BCUT2D eigenvalue weighted by Gasteiger charge is 2.51. The number of hydrogen-bond donors (Lipinski definition) is 2. The van der Waals surface area contributed by atoms with Gasteiger partial charge in [0.1, 0.15) is 0 Å². The van der Waals surface area contributed by atoms with Crippen LogP contribution in [0.2, 0.25) is 0 Å². The molecule has 1 heterocycles. The summed E-state index contributed by atoms with van der Waals surface area (Å²) in [6, 6.07) is -0.203. The largest absolute Gasteiger partial charge is 0.351 e. The van der Waals surface area contributed by atoms with Crippen LogP contribution in [0.3, 0.4) is 0 Å². The zero-order valence-corrected chi connectivity index (χ0v) is 15.3. The Balaban J connectivity index is 1.36. The summed E-state index contributed by atoms with van der Waals surface area (Å²) in [5.74, 6) is 2.74. The van der Waals surface area contributed by atoms with Gasteiger partial charge in [0.05, 0.1) is 0 Å². The molecule has 5 aliphatic rings. The zero-order valence-electron chi connectivity index (χ0n) is 15.3. The number of nitrogens with one attached hydrogen (secondary N) is 1. The lowest BCUT2D eigenvalue weighted by Gasteiger charge is -2.57. The first kappa shape index (κ1) is 16.9. The SMILES string of the molecule is CC(=CC(=O)NC1CCN(C(N)=O)CC1)C12CC3CC(CC(C3)C1)C2. The van der Waals surface area contributed by atoms with Crippen LogP contribution in [0.1, 0.15) is 58.3 Å². The number of likely N-dealkylation sites (tertiary alicyclic amines) is 1. The van der Waals surface area contributed by atoms with E-state index in [0.717, 1.165) is 30.6 Å². The van der Waals surface area contributed by atoms with E-state index in [0.29, 0.717) is 18.5 Å². The number of nitrogens with two attached hydrogens (primary N) is 1. The van der Waals surface area contributed by atoms with Crippen molar-refractivity contribution in [2.75, 3.05) is 13.1 Å². The second kappa shape index (κ2) is 6.33. The molecule has 4 aliphatic carbocycles. The summed E-state index contributed by atoms with van der Waals surface area (Å²) >= 11 is 0. The number of nitrogens with zero attached hydrogens (tertiary/aromatic N) is 1. The van der Waals surface area contributed by atoms with Crippen LogP contribution in [0, 0.1) is 23.2 Å². The molecule has 0 aromatic rings. The molecular formula is C20H31N3O2. The lowest BCUT2D eigenvalue weighted by molar-refractivity contribution is -0.117. The fourth-order valence-electron chi connectivity index (χ4n) is 6.43. The van der Waals surface area contributed by atoms with Gasteiger partial charge in [0.25, 0.3) is 0 Å². The van der Waals surface area contributed by atoms with E-state index in [-0.39, 0.29) is 18.0 Å². The van der Waals surface area contributed by atoms with Gasteiger partial charge in [-0.25, -0.2) is 4.79 Å². The number of hydrogen-bond acceptors (Lipinski definition) is 2. The van der Waals surface area contributed by atoms with Gasteiger partial charge in [-0.1, -0.05) is 5.57 Å². The third kappa shape index (κ3) is 3.30. The monoisotopic (exact) mass is 345 g/mol. The van der Waals surface area contributed by atoms with Crippen molar-refractivity contribution in [2.45, 2.75) is 64.3 Å². The minimum absolute atomic E-state index is 0.0470. The van der Waals surface area contributed by atoms with E-state index in [2.05, 4.69) is 12.2 Å². The molecule has 0 radical (unpaired) electrons. The second-order valence-electron chi connectivity index (χ2n) is 9.13. The predicted molar refractivity (Wildman–Crippen MR) is 96.7 cm³/mol. The first-order chi connectivity index (χ1) is 11.9. The van der Waals surface area contributed by atoms with Crippen LogP contribution in [0.25, 0.3) is 0 Å². The molecule has 0 spiro atoms. The third-order valence-electron chi connectivity index (χ3n) is 7.38. The molecule has 0 aromatic carbocycles. The molecule has 138 valence electrons. The number of carbonyl (C=O) groups excluding carboxylic acids is 2. The maximum absolute atomic E-state index is 12.5. The fraction of sp³-hybridized carbons (Fsp3) is 0.800.